The number of para-hydroxylation sites is 1. The van der Waals surface area contributed by atoms with Crippen LogP contribution >= 0.6 is 35.0 Å². The van der Waals surface area contributed by atoms with E-state index in [9.17, 15) is 19.2 Å². The molecule has 0 saturated carbocycles. The summed E-state index contributed by atoms with van der Waals surface area (Å²) in [4.78, 5) is 66.7. The van der Waals surface area contributed by atoms with Crippen molar-refractivity contribution in [1.82, 2.24) is 15.0 Å². The summed E-state index contributed by atoms with van der Waals surface area (Å²) in [6.07, 6.45) is 25.0. The van der Waals surface area contributed by atoms with Crippen molar-refractivity contribution in [1.29, 1.82) is 0 Å². The number of carbonyl (C=O) groups excluding carboxylic acids is 4. The first-order chi connectivity index (χ1) is 33.9. The molecule has 2 unspecified atom stereocenters. The average molecular weight is 1030 g/mol. The van der Waals surface area contributed by atoms with E-state index in [0.29, 0.717) is 17.9 Å². The zero-order valence-corrected chi connectivity index (χ0v) is 44.3. The number of hydrogen-bond donors (Lipinski definition) is 2. The molecule has 2 atom stereocenters. The van der Waals surface area contributed by atoms with Crippen molar-refractivity contribution >= 4 is 70.1 Å². The molecule has 2 N–H and O–H groups in total. The zero-order valence-electron chi connectivity index (χ0n) is 42.0. The first-order valence-electron chi connectivity index (χ1n) is 25.4. The summed E-state index contributed by atoms with van der Waals surface area (Å²) >= 11 is 14.2. The van der Waals surface area contributed by atoms with Crippen LogP contribution in [0.5, 0.6) is 5.75 Å². The standard InChI is InChI=1S/C54H75Cl2N5O8S/c1-6-8-10-12-14-16-18-20-22-24-33-66-54(65)43-30-32-45(56)47(36-43)59-52(63)49(61-57-37-48(60-61)70-41(5)53(64)69-50-39(3)27-26-28-40(50)4)51(62)58-46-35-42(29-31-44(46)55)38-68-67-34-25-23-21-19-17-15-13-11-9-7-2/h26-32,35-37,41,49H,6-25,33-34,38H2,1-5H3,(H,58,62)(H,59,63). The topological polar surface area (TPSA) is 160 Å². The lowest BCUT2D eigenvalue weighted by Gasteiger charge is -2.18. The number of ether oxygens (including phenoxy) is 2. The number of aromatic nitrogens is 3. The maximum absolute atomic E-state index is 14.3. The molecule has 0 aliphatic rings. The Morgan fingerprint density at radius 1 is 0.657 bits per heavy atom. The van der Waals surface area contributed by atoms with E-state index in [1.165, 1.54) is 121 Å². The molecular formula is C54H75Cl2N5O8S. The molecule has 0 saturated heterocycles. The lowest BCUT2D eigenvalue weighted by molar-refractivity contribution is -0.304. The number of hydrogen-bond acceptors (Lipinski definition) is 11. The number of carbonyl (C=O) groups is 4. The molecule has 3 aromatic carbocycles. The van der Waals surface area contributed by atoms with Gasteiger partial charge in [-0.1, -0.05) is 189 Å². The molecule has 1 heterocycles. The number of benzene rings is 3. The first-order valence-corrected chi connectivity index (χ1v) is 27.0. The number of esters is 2. The number of halogens is 2. The summed E-state index contributed by atoms with van der Waals surface area (Å²) in [6, 6.07) is 13.2. The second kappa shape index (κ2) is 33.2. The van der Waals surface area contributed by atoms with Gasteiger partial charge in [0.15, 0.2) is 0 Å². The monoisotopic (exact) mass is 1020 g/mol. The van der Waals surface area contributed by atoms with E-state index in [-0.39, 0.29) is 45.2 Å². The molecule has 0 radical (unpaired) electrons. The average Bonchev–Trinajstić information content (AvgIpc) is 3.79. The summed E-state index contributed by atoms with van der Waals surface area (Å²) in [5.41, 5.74) is 2.73. The van der Waals surface area contributed by atoms with Gasteiger partial charge < -0.3 is 20.1 Å². The van der Waals surface area contributed by atoms with Crippen LogP contribution < -0.4 is 15.4 Å². The van der Waals surface area contributed by atoms with Gasteiger partial charge in [-0.15, -0.1) is 5.10 Å². The van der Waals surface area contributed by atoms with Gasteiger partial charge >= 0.3 is 11.9 Å². The highest BCUT2D eigenvalue weighted by Gasteiger charge is 2.33. The van der Waals surface area contributed by atoms with Crippen LogP contribution in [0.1, 0.15) is 182 Å². The normalized spacial score (nSPS) is 12.1. The van der Waals surface area contributed by atoms with E-state index in [2.05, 4.69) is 34.7 Å². The molecule has 0 fully saturated rings. The molecule has 13 nitrogen and oxygen atoms in total. The van der Waals surface area contributed by atoms with E-state index in [0.717, 1.165) is 59.8 Å². The van der Waals surface area contributed by atoms with Crippen molar-refractivity contribution in [3.05, 3.63) is 93.1 Å². The highest BCUT2D eigenvalue weighted by atomic mass is 35.5. The van der Waals surface area contributed by atoms with Gasteiger partial charge in [-0.05, 0) is 80.6 Å². The predicted octanol–water partition coefficient (Wildman–Crippen LogP) is 14.6. The van der Waals surface area contributed by atoms with Crippen LogP contribution in [-0.4, -0.2) is 57.2 Å². The number of nitrogens with one attached hydrogen (secondary N) is 2. The molecule has 4 rings (SSSR count). The van der Waals surface area contributed by atoms with Crippen molar-refractivity contribution < 1.29 is 38.4 Å². The van der Waals surface area contributed by atoms with Gasteiger partial charge in [0.1, 0.15) is 22.6 Å². The van der Waals surface area contributed by atoms with Gasteiger partial charge in [-0.3, -0.25) is 14.4 Å². The first kappa shape index (κ1) is 58.1. The molecule has 16 heteroatoms. The maximum Gasteiger partial charge on any atom is 0.338 e. The molecule has 1 aromatic heterocycles. The van der Waals surface area contributed by atoms with Crippen molar-refractivity contribution in [2.45, 2.75) is 186 Å². The lowest BCUT2D eigenvalue weighted by atomic mass is 10.1. The number of anilines is 2. The number of thioether (sulfide) groups is 1. The van der Waals surface area contributed by atoms with Crippen LogP contribution in [0.3, 0.4) is 0 Å². The van der Waals surface area contributed by atoms with Crippen LogP contribution in [0.2, 0.25) is 10.0 Å². The maximum atomic E-state index is 14.3. The fourth-order valence-corrected chi connectivity index (χ4v) is 8.78. The van der Waals surface area contributed by atoms with Crippen LogP contribution in [0.15, 0.2) is 65.8 Å². The van der Waals surface area contributed by atoms with Gasteiger partial charge in [-0.2, -0.15) is 9.90 Å². The molecule has 70 heavy (non-hydrogen) atoms. The molecule has 4 aromatic rings. The summed E-state index contributed by atoms with van der Waals surface area (Å²) in [7, 11) is 0. The summed E-state index contributed by atoms with van der Waals surface area (Å²) in [6.45, 7) is 10.6. The van der Waals surface area contributed by atoms with Crippen molar-refractivity contribution in [2.75, 3.05) is 23.8 Å². The van der Waals surface area contributed by atoms with E-state index >= 15 is 0 Å². The molecule has 0 aliphatic heterocycles. The second-order valence-corrected chi connectivity index (χ2v) is 20.1. The zero-order chi connectivity index (χ0) is 50.5. The minimum Gasteiger partial charge on any atom is -0.462 e. The van der Waals surface area contributed by atoms with Crippen LogP contribution in [0.4, 0.5) is 11.4 Å². The van der Waals surface area contributed by atoms with Gasteiger partial charge in [0.25, 0.3) is 11.8 Å². The minimum absolute atomic E-state index is 0.0671. The molecule has 0 bridgehead atoms. The third kappa shape index (κ3) is 21.1. The third-order valence-corrected chi connectivity index (χ3v) is 13.5. The third-order valence-electron chi connectivity index (χ3n) is 11.8. The minimum atomic E-state index is -1.73. The van der Waals surface area contributed by atoms with E-state index in [1.54, 1.807) is 25.1 Å². The fraction of sp³-hybridized carbons (Fsp3) is 0.556. The van der Waals surface area contributed by atoms with Crippen LogP contribution in [0.25, 0.3) is 0 Å². The van der Waals surface area contributed by atoms with E-state index < -0.39 is 35.0 Å². The Morgan fingerprint density at radius 3 is 1.74 bits per heavy atom. The van der Waals surface area contributed by atoms with E-state index in [4.69, 9.17) is 42.5 Å². The van der Waals surface area contributed by atoms with Crippen molar-refractivity contribution in [3.8, 4) is 5.75 Å². The molecule has 0 spiro atoms. The Hall–Kier alpha value is -4.47. The quantitative estimate of drug-likeness (QED) is 0.00859. The van der Waals surface area contributed by atoms with Gasteiger partial charge in [-0.25, -0.2) is 14.6 Å². The molecular weight excluding hydrogens is 950 g/mol. The van der Waals surface area contributed by atoms with Crippen LogP contribution in [0, 0.1) is 13.8 Å². The number of amides is 2. The van der Waals surface area contributed by atoms with Crippen molar-refractivity contribution in [2.24, 2.45) is 0 Å². The fourth-order valence-electron chi connectivity index (χ4n) is 7.70. The number of rotatable bonds is 35. The Morgan fingerprint density at radius 2 is 1.17 bits per heavy atom. The van der Waals surface area contributed by atoms with Gasteiger partial charge in [0.05, 0.1) is 46.4 Å². The molecule has 0 aliphatic carbocycles. The van der Waals surface area contributed by atoms with Gasteiger partial charge in [0.2, 0.25) is 6.04 Å². The summed E-state index contributed by atoms with van der Waals surface area (Å²) in [5.74, 6) is -2.31. The lowest BCUT2D eigenvalue weighted by Crippen LogP contribution is -2.37. The largest absolute Gasteiger partial charge is 0.462 e. The Bertz CT molecular complexity index is 2200. The summed E-state index contributed by atoms with van der Waals surface area (Å²) in [5, 5.41) is 14.0. The van der Waals surface area contributed by atoms with Crippen molar-refractivity contribution in [3.63, 3.8) is 0 Å². The predicted molar refractivity (Wildman–Crippen MR) is 281 cm³/mol. The van der Waals surface area contributed by atoms with E-state index in [1.807, 2.05) is 32.0 Å². The SMILES string of the molecule is CCCCCCCCCCCCOOCc1ccc(Cl)c(NC(=O)C(C(=O)Nc2cc(C(=O)OCCCCCCCCCCCC)ccc2Cl)n2ncc(SC(C)C(=O)Oc3c(C)cccc3C)n2)c1. The Balaban J connectivity index is 1.41. The molecule has 384 valence electrons. The number of aryl methyl sites for hydroxylation is 2. The van der Waals surface area contributed by atoms with Crippen LogP contribution in [-0.2, 0) is 35.5 Å². The summed E-state index contributed by atoms with van der Waals surface area (Å²) < 4.78 is 11.3. The second-order valence-electron chi connectivity index (χ2n) is 17.9. The molecule has 2 amide bonds. The number of unbranched alkanes of at least 4 members (excludes halogenated alkanes) is 18. The smallest absolute Gasteiger partial charge is 0.338 e. The number of nitrogens with zero attached hydrogens (tertiary/aromatic N) is 3. The van der Waals surface area contributed by atoms with Gasteiger partial charge in [0, 0.05) is 0 Å². The Labute approximate surface area is 430 Å². The highest BCUT2D eigenvalue weighted by Crippen LogP contribution is 2.30. The highest BCUT2D eigenvalue weighted by molar-refractivity contribution is 8.00. The Kier molecular flexibility index (Phi) is 27.6.